The fourth-order valence-electron chi connectivity index (χ4n) is 3.17. The molecule has 134 valence electrons. The van der Waals surface area contributed by atoms with E-state index < -0.39 is 0 Å². The fourth-order valence-corrected chi connectivity index (χ4v) is 4.96. The monoisotopic (exact) mass is 383 g/mol. The highest BCUT2D eigenvalue weighted by Gasteiger charge is 2.25. The molecule has 0 unspecified atom stereocenters. The Labute approximate surface area is 161 Å². The van der Waals surface area contributed by atoms with Crippen molar-refractivity contribution in [2.45, 2.75) is 13.5 Å². The maximum atomic E-state index is 13.0. The average Bonchev–Trinajstić information content (AvgIpc) is 3.32. The first-order valence-electron chi connectivity index (χ1n) is 8.77. The van der Waals surface area contributed by atoms with Gasteiger partial charge in [-0.1, -0.05) is 36.4 Å². The van der Waals surface area contributed by atoms with Crippen molar-refractivity contribution in [3.63, 3.8) is 0 Å². The summed E-state index contributed by atoms with van der Waals surface area (Å²) in [6.45, 7) is 6.32. The van der Waals surface area contributed by atoms with Crippen LogP contribution in [-0.2, 0) is 6.54 Å². The number of amides is 1. The van der Waals surface area contributed by atoms with Crippen LogP contribution in [0.3, 0.4) is 0 Å². The number of benzene rings is 1. The molecule has 4 nitrogen and oxygen atoms in total. The summed E-state index contributed by atoms with van der Waals surface area (Å²) >= 11 is 3.30. The lowest BCUT2D eigenvalue weighted by Crippen LogP contribution is -2.48. The number of rotatable bonds is 4. The van der Waals surface area contributed by atoms with E-state index in [0.29, 0.717) is 0 Å². The zero-order chi connectivity index (χ0) is 17.9. The summed E-state index contributed by atoms with van der Waals surface area (Å²) in [7, 11) is 0. The van der Waals surface area contributed by atoms with Crippen molar-refractivity contribution in [1.29, 1.82) is 0 Å². The number of nitrogens with zero attached hydrogens (tertiary/aromatic N) is 3. The summed E-state index contributed by atoms with van der Waals surface area (Å²) in [6.07, 6.45) is 0. The number of aromatic nitrogens is 1. The molecule has 0 saturated carbocycles. The molecule has 1 aliphatic heterocycles. The van der Waals surface area contributed by atoms with Gasteiger partial charge < -0.3 is 4.90 Å². The van der Waals surface area contributed by atoms with Crippen LogP contribution in [0.15, 0.2) is 47.8 Å². The van der Waals surface area contributed by atoms with Crippen molar-refractivity contribution in [2.75, 3.05) is 26.2 Å². The molecule has 3 heterocycles. The molecule has 1 aromatic carbocycles. The third kappa shape index (κ3) is 3.72. The molecule has 26 heavy (non-hydrogen) atoms. The van der Waals surface area contributed by atoms with Gasteiger partial charge in [-0.05, 0) is 18.4 Å². The van der Waals surface area contributed by atoms with E-state index in [2.05, 4.69) is 27.4 Å². The zero-order valence-electron chi connectivity index (χ0n) is 14.7. The summed E-state index contributed by atoms with van der Waals surface area (Å²) in [5.74, 6) is 0.123. The zero-order valence-corrected chi connectivity index (χ0v) is 16.4. The molecule has 1 aliphatic rings. The Morgan fingerprint density at radius 2 is 1.85 bits per heavy atom. The number of carbonyl (C=O) groups excluding carboxylic acids is 1. The molecule has 4 rings (SSSR count). The lowest BCUT2D eigenvalue weighted by molar-refractivity contribution is 0.0633. The molecule has 0 spiro atoms. The van der Waals surface area contributed by atoms with Crippen molar-refractivity contribution < 1.29 is 4.79 Å². The lowest BCUT2D eigenvalue weighted by Gasteiger charge is -2.34. The topological polar surface area (TPSA) is 36.4 Å². The third-order valence-corrected chi connectivity index (χ3v) is 6.69. The molecule has 0 radical (unpaired) electrons. The first-order valence-corrected chi connectivity index (χ1v) is 10.5. The number of thiazole rings is 1. The highest BCUT2D eigenvalue weighted by Crippen LogP contribution is 2.29. The van der Waals surface area contributed by atoms with Gasteiger partial charge in [0.25, 0.3) is 5.91 Å². The number of piperazine rings is 1. The molecular formula is C20H21N3OS2. The van der Waals surface area contributed by atoms with Crippen LogP contribution in [0.4, 0.5) is 0 Å². The van der Waals surface area contributed by atoms with Crippen LogP contribution in [0.1, 0.15) is 20.2 Å². The Balaban J connectivity index is 1.41. The summed E-state index contributed by atoms with van der Waals surface area (Å²) in [6, 6.07) is 14.3. The molecule has 0 N–H and O–H groups in total. The van der Waals surface area contributed by atoms with E-state index in [9.17, 15) is 4.79 Å². The van der Waals surface area contributed by atoms with Gasteiger partial charge in [0.05, 0.1) is 5.69 Å². The van der Waals surface area contributed by atoms with Crippen LogP contribution >= 0.6 is 22.7 Å². The molecule has 0 aliphatic carbocycles. The van der Waals surface area contributed by atoms with E-state index >= 15 is 0 Å². The molecule has 3 aromatic rings. The smallest absolute Gasteiger partial charge is 0.265 e. The minimum Gasteiger partial charge on any atom is -0.335 e. The Hall–Kier alpha value is -2.02. The number of thiophene rings is 1. The second-order valence-corrected chi connectivity index (χ2v) is 8.48. The number of hydrogen-bond donors (Lipinski definition) is 0. The maximum absolute atomic E-state index is 13.0. The van der Waals surface area contributed by atoms with E-state index in [1.54, 1.807) is 11.3 Å². The van der Waals surface area contributed by atoms with Crippen LogP contribution in [-0.4, -0.2) is 46.9 Å². The molecule has 1 saturated heterocycles. The second kappa shape index (κ2) is 7.70. The largest absolute Gasteiger partial charge is 0.335 e. The van der Waals surface area contributed by atoms with Crippen molar-refractivity contribution in [1.82, 2.24) is 14.8 Å². The van der Waals surface area contributed by atoms with Gasteiger partial charge in [0.15, 0.2) is 0 Å². The molecule has 0 bridgehead atoms. The molecule has 2 aromatic heterocycles. The normalized spacial score (nSPS) is 15.3. The third-order valence-electron chi connectivity index (χ3n) is 4.63. The molecule has 1 amide bonds. The first kappa shape index (κ1) is 17.4. The van der Waals surface area contributed by atoms with Gasteiger partial charge in [-0.3, -0.25) is 9.69 Å². The van der Waals surface area contributed by atoms with E-state index in [1.165, 1.54) is 16.2 Å². The van der Waals surface area contributed by atoms with Gasteiger partial charge in [0.1, 0.15) is 9.88 Å². The van der Waals surface area contributed by atoms with Gasteiger partial charge in [-0.15, -0.1) is 22.7 Å². The fraction of sp³-hybridized carbons (Fsp3) is 0.300. The van der Waals surface area contributed by atoms with Crippen LogP contribution in [0, 0.1) is 6.92 Å². The lowest BCUT2D eigenvalue weighted by atomic mass is 10.2. The van der Waals surface area contributed by atoms with Crippen LogP contribution in [0.25, 0.3) is 10.6 Å². The molecular weight excluding hydrogens is 362 g/mol. The SMILES string of the molecule is Cc1nc(-c2ccccc2)sc1C(=O)N1CCN(Cc2cccs2)CC1. The quantitative estimate of drug-likeness (QED) is 0.679. The minimum atomic E-state index is 0.123. The predicted octanol–water partition coefficient (Wildman–Crippen LogP) is 4.14. The van der Waals surface area contributed by atoms with E-state index in [0.717, 1.165) is 53.9 Å². The van der Waals surface area contributed by atoms with Crippen LogP contribution in [0.5, 0.6) is 0 Å². The average molecular weight is 384 g/mol. The van der Waals surface area contributed by atoms with Gasteiger partial charge in [0.2, 0.25) is 0 Å². The molecule has 6 heteroatoms. The van der Waals surface area contributed by atoms with Crippen molar-refractivity contribution in [3.8, 4) is 10.6 Å². The standard InChI is InChI=1S/C20H21N3OS2/c1-15-18(26-19(21-15)16-6-3-2-4-7-16)20(24)23-11-9-22(10-12-23)14-17-8-5-13-25-17/h2-8,13H,9-12,14H2,1H3. The molecule has 0 atom stereocenters. The minimum absolute atomic E-state index is 0.123. The second-order valence-electron chi connectivity index (χ2n) is 6.45. The number of hydrogen-bond acceptors (Lipinski definition) is 5. The van der Waals surface area contributed by atoms with Gasteiger partial charge in [0, 0.05) is 43.2 Å². The van der Waals surface area contributed by atoms with Crippen LogP contribution < -0.4 is 0 Å². The Morgan fingerprint density at radius 1 is 1.08 bits per heavy atom. The van der Waals surface area contributed by atoms with E-state index in [4.69, 9.17) is 0 Å². The van der Waals surface area contributed by atoms with E-state index in [-0.39, 0.29) is 5.91 Å². The Morgan fingerprint density at radius 3 is 2.54 bits per heavy atom. The van der Waals surface area contributed by atoms with E-state index in [1.807, 2.05) is 42.2 Å². The Bertz CT molecular complexity index is 866. The summed E-state index contributed by atoms with van der Waals surface area (Å²) in [4.78, 5) is 24.1. The maximum Gasteiger partial charge on any atom is 0.265 e. The van der Waals surface area contributed by atoms with Crippen LogP contribution in [0.2, 0.25) is 0 Å². The first-order chi connectivity index (χ1) is 12.7. The predicted molar refractivity (Wildman–Crippen MR) is 108 cm³/mol. The van der Waals surface area contributed by atoms with Crippen molar-refractivity contribution in [2.24, 2.45) is 0 Å². The van der Waals surface area contributed by atoms with Gasteiger partial charge in [-0.2, -0.15) is 0 Å². The molecule has 1 fully saturated rings. The highest BCUT2D eigenvalue weighted by atomic mass is 32.1. The summed E-state index contributed by atoms with van der Waals surface area (Å²) in [5.41, 5.74) is 1.90. The van der Waals surface area contributed by atoms with Gasteiger partial charge in [-0.25, -0.2) is 4.98 Å². The highest BCUT2D eigenvalue weighted by molar-refractivity contribution is 7.17. The Kier molecular flexibility index (Phi) is 5.15. The summed E-state index contributed by atoms with van der Waals surface area (Å²) < 4.78 is 0. The van der Waals surface area contributed by atoms with Crippen molar-refractivity contribution in [3.05, 3.63) is 63.3 Å². The van der Waals surface area contributed by atoms with Gasteiger partial charge >= 0.3 is 0 Å². The van der Waals surface area contributed by atoms with Crippen molar-refractivity contribution >= 4 is 28.6 Å². The number of aryl methyl sites for hydroxylation is 1. The summed E-state index contributed by atoms with van der Waals surface area (Å²) in [5, 5.41) is 3.04. The number of carbonyl (C=O) groups is 1.